The van der Waals surface area contributed by atoms with Gasteiger partial charge >= 0.3 is 5.97 Å². The molecule has 0 aromatic carbocycles. The summed E-state index contributed by atoms with van der Waals surface area (Å²) in [6.07, 6.45) is 10.9. The van der Waals surface area contributed by atoms with Crippen LogP contribution in [0.4, 0.5) is 0 Å². The van der Waals surface area contributed by atoms with E-state index in [4.69, 9.17) is 0 Å². The zero-order valence-electron chi connectivity index (χ0n) is 13.5. The highest BCUT2D eigenvalue weighted by atomic mass is 16.5. The van der Waals surface area contributed by atoms with E-state index in [9.17, 15) is 4.79 Å². The second kappa shape index (κ2) is 5.38. The van der Waals surface area contributed by atoms with Crippen molar-refractivity contribution in [3.8, 4) is 0 Å². The third-order valence-electron chi connectivity index (χ3n) is 5.97. The van der Waals surface area contributed by atoms with Crippen LogP contribution in [0, 0.1) is 22.7 Å². The van der Waals surface area contributed by atoms with Crippen molar-refractivity contribution in [3.63, 3.8) is 0 Å². The third kappa shape index (κ3) is 2.57. The van der Waals surface area contributed by atoms with Crippen LogP contribution < -0.4 is 0 Å². The normalized spacial score (nSPS) is 36.4. The summed E-state index contributed by atoms with van der Waals surface area (Å²) in [5.41, 5.74) is 2.08. The Morgan fingerprint density at radius 2 is 2.05 bits per heavy atom. The number of allylic oxidation sites excluding steroid dienone is 3. The highest BCUT2D eigenvalue weighted by molar-refractivity contribution is 5.82. The number of hydrogen-bond acceptors (Lipinski definition) is 2. The van der Waals surface area contributed by atoms with Crippen LogP contribution in [0.15, 0.2) is 23.8 Å². The quantitative estimate of drug-likeness (QED) is 0.548. The fourth-order valence-electron chi connectivity index (χ4n) is 4.53. The lowest BCUT2D eigenvalue weighted by Gasteiger charge is -2.56. The molecule has 0 heterocycles. The van der Waals surface area contributed by atoms with Gasteiger partial charge in [-0.25, -0.2) is 4.79 Å². The second-order valence-electron chi connectivity index (χ2n) is 7.42. The fraction of sp³-hybridized carbons (Fsp3) is 0.722. The number of methoxy groups -OCH3 is 1. The van der Waals surface area contributed by atoms with E-state index in [1.165, 1.54) is 31.9 Å². The molecule has 0 bridgehead atoms. The van der Waals surface area contributed by atoms with E-state index in [0.717, 1.165) is 12.3 Å². The van der Waals surface area contributed by atoms with E-state index in [2.05, 4.69) is 38.5 Å². The Labute approximate surface area is 123 Å². The molecule has 1 saturated carbocycles. The lowest BCUT2D eigenvalue weighted by molar-refractivity contribution is -0.134. The predicted octanol–water partition coefficient (Wildman–Crippen LogP) is 4.51. The number of hydrogen-bond donors (Lipinski definition) is 0. The number of rotatable bonds is 2. The molecule has 3 atom stereocenters. The van der Waals surface area contributed by atoms with Gasteiger partial charge in [-0.15, -0.1) is 0 Å². The van der Waals surface area contributed by atoms with E-state index in [-0.39, 0.29) is 5.97 Å². The molecule has 2 rings (SSSR count). The highest BCUT2D eigenvalue weighted by Crippen LogP contribution is 2.59. The van der Waals surface area contributed by atoms with Gasteiger partial charge in [-0.1, -0.05) is 46.3 Å². The minimum atomic E-state index is -0.269. The van der Waals surface area contributed by atoms with E-state index in [1.54, 1.807) is 6.08 Å². The Hall–Kier alpha value is -1.05. The number of fused-ring (bicyclic) bond motifs is 1. The molecule has 2 nitrogen and oxygen atoms in total. The van der Waals surface area contributed by atoms with Crippen LogP contribution in [-0.4, -0.2) is 13.1 Å². The van der Waals surface area contributed by atoms with E-state index >= 15 is 0 Å². The molecule has 2 aliphatic rings. The Balaban J connectivity index is 2.26. The SMILES string of the molecule is COC(=O)/C=C/C1=CC[C@H]2C(C)(C)CCC[C@]2(C)[C@H]1C. The molecule has 0 aromatic heterocycles. The van der Waals surface area contributed by atoms with E-state index in [0.29, 0.717) is 16.7 Å². The largest absolute Gasteiger partial charge is 0.466 e. The zero-order chi connectivity index (χ0) is 15.0. The van der Waals surface area contributed by atoms with Crippen molar-refractivity contribution >= 4 is 5.97 Å². The molecule has 2 aliphatic carbocycles. The summed E-state index contributed by atoms with van der Waals surface area (Å²) in [6.45, 7) is 9.61. The average Bonchev–Trinajstić information content (AvgIpc) is 2.38. The average molecular weight is 276 g/mol. The Kier molecular flexibility index (Phi) is 4.13. The first-order valence-electron chi connectivity index (χ1n) is 7.77. The number of carbonyl (C=O) groups excluding carboxylic acids is 1. The highest BCUT2D eigenvalue weighted by Gasteiger charge is 2.50. The lowest BCUT2D eigenvalue weighted by atomic mass is 9.49. The maximum atomic E-state index is 11.3. The third-order valence-corrected chi connectivity index (χ3v) is 5.97. The standard InChI is InChI=1S/C18H28O2/c1-13-14(8-10-16(19)20-5)7-9-15-17(2,3)11-6-12-18(13,15)4/h7-8,10,13,15H,6,9,11-12H2,1-5H3/b10-8+/t13-,15-,18+/m0/s1. The Morgan fingerprint density at radius 1 is 1.35 bits per heavy atom. The van der Waals surface area contributed by atoms with Crippen molar-refractivity contribution in [1.82, 2.24) is 0 Å². The van der Waals surface area contributed by atoms with Gasteiger partial charge in [0.25, 0.3) is 0 Å². The van der Waals surface area contributed by atoms with Gasteiger partial charge in [0, 0.05) is 6.08 Å². The first-order chi connectivity index (χ1) is 9.31. The minimum absolute atomic E-state index is 0.269. The Morgan fingerprint density at radius 3 is 2.70 bits per heavy atom. The van der Waals surface area contributed by atoms with E-state index < -0.39 is 0 Å². The summed E-state index contributed by atoms with van der Waals surface area (Å²) in [4.78, 5) is 11.3. The molecular weight excluding hydrogens is 248 g/mol. The van der Waals surface area contributed by atoms with Crippen molar-refractivity contribution in [2.24, 2.45) is 22.7 Å². The van der Waals surface area contributed by atoms with Crippen LogP contribution in [0.25, 0.3) is 0 Å². The second-order valence-corrected chi connectivity index (χ2v) is 7.42. The molecule has 0 saturated heterocycles. The lowest BCUT2D eigenvalue weighted by Crippen LogP contribution is -2.47. The van der Waals surface area contributed by atoms with E-state index in [1.807, 2.05) is 6.08 Å². The summed E-state index contributed by atoms with van der Waals surface area (Å²) in [7, 11) is 1.42. The molecule has 112 valence electrons. The van der Waals surface area contributed by atoms with Gasteiger partial charge in [0.1, 0.15) is 0 Å². The monoisotopic (exact) mass is 276 g/mol. The first kappa shape index (κ1) is 15.3. The van der Waals surface area contributed by atoms with Crippen molar-refractivity contribution in [1.29, 1.82) is 0 Å². The van der Waals surface area contributed by atoms with Crippen molar-refractivity contribution in [2.75, 3.05) is 7.11 Å². The fourth-order valence-corrected chi connectivity index (χ4v) is 4.53. The van der Waals surface area contributed by atoms with Gasteiger partial charge in [-0.05, 0) is 47.5 Å². The summed E-state index contributed by atoms with van der Waals surface area (Å²) < 4.78 is 4.69. The Bertz CT molecular complexity index is 444. The van der Waals surface area contributed by atoms with Crippen LogP contribution in [0.2, 0.25) is 0 Å². The summed E-state index contributed by atoms with van der Waals surface area (Å²) >= 11 is 0. The maximum absolute atomic E-state index is 11.3. The molecular formula is C18H28O2. The predicted molar refractivity (Wildman–Crippen MR) is 82.2 cm³/mol. The molecule has 0 amide bonds. The van der Waals surface area contributed by atoms with Crippen LogP contribution >= 0.6 is 0 Å². The van der Waals surface area contributed by atoms with Gasteiger partial charge in [0.05, 0.1) is 7.11 Å². The van der Waals surface area contributed by atoms with Gasteiger partial charge in [-0.2, -0.15) is 0 Å². The van der Waals surface area contributed by atoms with Crippen molar-refractivity contribution in [3.05, 3.63) is 23.8 Å². The van der Waals surface area contributed by atoms with Gasteiger partial charge < -0.3 is 4.74 Å². The topological polar surface area (TPSA) is 26.3 Å². The molecule has 1 fully saturated rings. The molecule has 0 unspecified atom stereocenters. The van der Waals surface area contributed by atoms with Crippen LogP contribution in [0.1, 0.15) is 53.4 Å². The van der Waals surface area contributed by atoms with Gasteiger partial charge in [0.2, 0.25) is 0 Å². The minimum Gasteiger partial charge on any atom is -0.466 e. The number of carbonyl (C=O) groups is 1. The maximum Gasteiger partial charge on any atom is 0.330 e. The summed E-state index contributed by atoms with van der Waals surface area (Å²) in [5, 5.41) is 0. The number of esters is 1. The van der Waals surface area contributed by atoms with Gasteiger partial charge in [0.15, 0.2) is 0 Å². The van der Waals surface area contributed by atoms with Crippen LogP contribution in [-0.2, 0) is 9.53 Å². The van der Waals surface area contributed by atoms with Crippen molar-refractivity contribution in [2.45, 2.75) is 53.4 Å². The van der Waals surface area contributed by atoms with Crippen LogP contribution in [0.3, 0.4) is 0 Å². The number of ether oxygens (including phenoxy) is 1. The van der Waals surface area contributed by atoms with Crippen LogP contribution in [0.5, 0.6) is 0 Å². The molecule has 0 radical (unpaired) electrons. The smallest absolute Gasteiger partial charge is 0.330 e. The summed E-state index contributed by atoms with van der Waals surface area (Å²) in [6, 6.07) is 0. The molecule has 20 heavy (non-hydrogen) atoms. The first-order valence-corrected chi connectivity index (χ1v) is 7.77. The molecule has 0 aromatic rings. The molecule has 0 N–H and O–H groups in total. The molecule has 0 aliphatic heterocycles. The molecule has 0 spiro atoms. The van der Waals surface area contributed by atoms with Crippen molar-refractivity contribution < 1.29 is 9.53 Å². The molecule has 2 heteroatoms. The summed E-state index contributed by atoms with van der Waals surface area (Å²) in [5.74, 6) is 0.977. The zero-order valence-corrected chi connectivity index (χ0v) is 13.5. The van der Waals surface area contributed by atoms with Gasteiger partial charge in [-0.3, -0.25) is 0 Å².